The van der Waals surface area contributed by atoms with Gasteiger partial charge in [-0.05, 0) is 74.7 Å². The van der Waals surface area contributed by atoms with E-state index in [-0.39, 0.29) is 81.6 Å². The second-order valence-electron chi connectivity index (χ2n) is 6.89. The minimum atomic E-state index is 0. The first-order chi connectivity index (χ1) is 16.0. The third-order valence-electron chi connectivity index (χ3n) is 3.84. The van der Waals surface area contributed by atoms with Crippen molar-refractivity contribution in [2.45, 2.75) is 80.2 Å². The fourth-order valence-electron chi connectivity index (χ4n) is 1.82. The van der Waals surface area contributed by atoms with E-state index in [0.29, 0.717) is 30.1 Å². The van der Waals surface area contributed by atoms with E-state index in [2.05, 4.69) is 106 Å². The van der Waals surface area contributed by atoms with Gasteiger partial charge in [-0.1, -0.05) is 149 Å². The van der Waals surface area contributed by atoms with Crippen LogP contribution in [0.3, 0.4) is 0 Å². The number of hydrogen-bond acceptors (Lipinski definition) is 0. The van der Waals surface area contributed by atoms with Gasteiger partial charge in [0.05, 0.1) is 0 Å². The summed E-state index contributed by atoms with van der Waals surface area (Å²) in [6, 6.07) is 0. The van der Waals surface area contributed by atoms with Crippen LogP contribution in [0, 0.1) is 0 Å². The van der Waals surface area contributed by atoms with E-state index < -0.39 is 0 Å². The Labute approximate surface area is 310 Å². The molecule has 0 aliphatic rings. The van der Waals surface area contributed by atoms with Crippen LogP contribution in [0.15, 0.2) is 0 Å². The molecule has 0 aromatic heterocycles. The molecule has 0 aromatic carbocycles. The molecular formula is C22H86P20. The zero-order chi connectivity index (χ0) is 26.9. The second kappa shape index (κ2) is 61.6. The highest BCUT2D eigenvalue weighted by atomic mass is 32.7. The lowest BCUT2D eigenvalue weighted by Gasteiger charge is -2.24. The smallest absolute Gasteiger partial charge is 0.000785 e. The van der Waals surface area contributed by atoms with Crippen molar-refractivity contribution < 1.29 is 0 Å². The molecule has 42 heavy (non-hydrogen) atoms. The average molecular weight is 970 g/mol. The van der Waals surface area contributed by atoms with Gasteiger partial charge in [0.25, 0.3) is 0 Å². The molecule has 274 valence electrons. The molecule has 19 atom stereocenters. The van der Waals surface area contributed by atoms with Crippen LogP contribution in [0.25, 0.3) is 0 Å². The van der Waals surface area contributed by atoms with Crippen LogP contribution in [0.2, 0.25) is 0 Å². The predicted octanol–water partition coefficient (Wildman–Crippen LogP) is 18.9. The highest BCUT2D eigenvalue weighted by molar-refractivity contribution is 8.73. The molecule has 0 saturated carbocycles. The van der Waals surface area contributed by atoms with E-state index in [1.165, 1.54) is 65.7 Å². The van der Waals surface area contributed by atoms with Crippen molar-refractivity contribution in [1.29, 1.82) is 0 Å². The van der Waals surface area contributed by atoms with Crippen LogP contribution < -0.4 is 0 Å². The Morgan fingerprint density at radius 1 is 0.548 bits per heavy atom. The summed E-state index contributed by atoms with van der Waals surface area (Å²) in [5, 5.41) is 0. The molecule has 20 heteroatoms. The van der Waals surface area contributed by atoms with Crippen molar-refractivity contribution in [2.24, 2.45) is 0 Å². The lowest BCUT2D eigenvalue weighted by atomic mass is 11.0. The third kappa shape index (κ3) is 63.6. The second-order valence-corrected chi connectivity index (χ2v) is 58.5. The van der Waals surface area contributed by atoms with Crippen LogP contribution in [0.5, 0.6) is 0 Å². The zero-order valence-electron chi connectivity index (χ0n) is 21.6. The molecule has 0 spiro atoms. The van der Waals surface area contributed by atoms with Crippen molar-refractivity contribution in [3.63, 3.8) is 0 Å². The predicted molar refractivity (Wildman–Crippen MR) is 294 cm³/mol. The van der Waals surface area contributed by atoms with Crippen LogP contribution in [0.4, 0.5) is 0 Å². The summed E-state index contributed by atoms with van der Waals surface area (Å²) in [5.41, 5.74) is 0. The van der Waals surface area contributed by atoms with Gasteiger partial charge in [0.1, 0.15) is 0 Å². The van der Waals surface area contributed by atoms with Gasteiger partial charge in [0.15, 0.2) is 0 Å². The van der Waals surface area contributed by atoms with Crippen LogP contribution >= 0.6 is 165 Å². The van der Waals surface area contributed by atoms with Gasteiger partial charge in [-0.15, -0.1) is 88.6 Å². The molecular weight excluding hydrogens is 884 g/mol. The highest BCUT2D eigenvalue weighted by Gasteiger charge is 2.14. The molecule has 19 unspecified atom stereocenters. The summed E-state index contributed by atoms with van der Waals surface area (Å²) >= 11 is 0. The average Bonchev–Trinajstić information content (AvgIpc) is 2.82. The Bertz CT molecular complexity index is 393. The van der Waals surface area contributed by atoms with Crippen molar-refractivity contribution in [1.82, 2.24) is 0 Å². The van der Waals surface area contributed by atoms with Gasteiger partial charge in [-0.3, -0.25) is 0 Å². The number of hydrogen-bond donors (Lipinski definition) is 0. The van der Waals surface area contributed by atoms with Gasteiger partial charge in [-0.2, -0.15) is 0 Å². The fourth-order valence-corrected chi connectivity index (χ4v) is 49.3. The summed E-state index contributed by atoms with van der Waals surface area (Å²) in [4.78, 5) is 0. The maximum absolute atomic E-state index is 3.14. The first kappa shape index (κ1) is 79.4. The molecule has 0 aliphatic heterocycles. The normalized spacial score (nSPS) is 14.7. The van der Waals surface area contributed by atoms with Crippen molar-refractivity contribution in [2.75, 3.05) is 67.8 Å². The minimum absolute atomic E-state index is 0. The quantitative estimate of drug-likeness (QED) is 0.120. The third-order valence-corrected chi connectivity index (χ3v) is 58.7. The van der Waals surface area contributed by atoms with E-state index in [9.17, 15) is 0 Å². The lowest BCUT2D eigenvalue weighted by molar-refractivity contribution is 1.50. The van der Waals surface area contributed by atoms with E-state index >= 15 is 0 Å². The molecule has 0 nitrogen and oxygen atoms in total. The fraction of sp³-hybridized carbons (Fsp3) is 1.00. The first-order valence-corrected chi connectivity index (χ1v) is 45.3. The van der Waals surface area contributed by atoms with E-state index in [4.69, 9.17) is 0 Å². The summed E-state index contributed by atoms with van der Waals surface area (Å²) in [5.74, 6) is 6.02. The molecule has 0 amide bonds. The lowest BCUT2D eigenvalue weighted by Crippen LogP contribution is -1.89. The molecule has 0 rings (SSSR count). The Kier molecular flexibility index (Phi) is 116. The molecule has 0 N–H and O–H groups in total. The molecule has 0 fully saturated rings. The zero-order valence-corrected chi connectivity index (χ0v) is 42.1. The van der Waals surface area contributed by atoms with Crippen molar-refractivity contribution in [3.05, 3.63) is 0 Å². The van der Waals surface area contributed by atoms with Crippen LogP contribution in [0.1, 0.15) is 80.2 Å². The van der Waals surface area contributed by atoms with E-state index in [1.54, 1.807) is 5.90 Å². The Morgan fingerprint density at radius 2 is 0.976 bits per heavy atom. The van der Waals surface area contributed by atoms with Gasteiger partial charge in [0, 0.05) is 0 Å². The van der Waals surface area contributed by atoms with Crippen molar-refractivity contribution in [3.8, 4) is 0 Å². The van der Waals surface area contributed by atoms with Gasteiger partial charge < -0.3 is 0 Å². The minimum Gasteiger partial charge on any atom is -0.118 e. The summed E-state index contributed by atoms with van der Waals surface area (Å²) in [7, 11) is 31.5. The monoisotopic (exact) mass is 970 g/mol. The molecule has 0 radical (unpaired) electrons. The topological polar surface area (TPSA) is 0 Å². The van der Waals surface area contributed by atoms with Crippen molar-refractivity contribution >= 4 is 165 Å². The summed E-state index contributed by atoms with van der Waals surface area (Å²) in [6.45, 7) is 11.9. The maximum atomic E-state index is 3.14. The largest absolute Gasteiger partial charge is 0.118 e. The number of rotatable bonds is 18. The van der Waals surface area contributed by atoms with Crippen LogP contribution in [-0.2, 0) is 0 Å². The van der Waals surface area contributed by atoms with Gasteiger partial charge in [-0.25, -0.2) is 0 Å². The molecule has 0 aliphatic carbocycles. The first-order valence-electron chi connectivity index (χ1n) is 10.8. The standard InChI is InChI=1S/C7H26P10.C4H13P3.C3H15P7.8CH4/c1-3-12-6-15(9)4-5-16(13-8)7-14(2)17(10)11;1-3-6-4-7(2)5;1-2-9(7-4)3-10(6)8-5;;;;;;;;/h12-13H,3-11H2,1-2H3;6H,3-5H2,1-2H3;7-8H,2-6H2,1H3;8*1H4. The Balaban J connectivity index is -0.0000000376. The molecule has 0 saturated heterocycles. The SMILES string of the molecule is C.C.C.C.C.C.C.C.CCP(CP(P)PP)PP.CCPCP(C)P.CCPCP(P)CCP(CP(C)P(P)P)PP. The van der Waals surface area contributed by atoms with Gasteiger partial charge >= 0.3 is 0 Å². The Morgan fingerprint density at radius 3 is 1.26 bits per heavy atom. The highest BCUT2D eigenvalue weighted by Crippen LogP contribution is 2.82. The molecule has 0 bridgehead atoms. The molecule has 0 heterocycles. The summed E-state index contributed by atoms with van der Waals surface area (Å²) < 4.78 is 0. The maximum Gasteiger partial charge on any atom is -0.000785 e. The van der Waals surface area contributed by atoms with E-state index in [1.807, 2.05) is 0 Å². The molecule has 0 aromatic rings. The Hall–Kier alpha value is 8.60. The van der Waals surface area contributed by atoms with Crippen LogP contribution in [-0.4, -0.2) is 67.8 Å². The summed E-state index contributed by atoms with van der Waals surface area (Å²) in [6.07, 6.45) is 7.22. The van der Waals surface area contributed by atoms with E-state index in [0.717, 1.165) is 23.9 Å². The van der Waals surface area contributed by atoms with Gasteiger partial charge in [0.2, 0.25) is 0 Å².